The molecule has 0 amide bonds. The maximum Gasteiger partial charge on any atom is 0.339 e. The first-order valence-electron chi connectivity index (χ1n) is 11.3. The summed E-state index contributed by atoms with van der Waals surface area (Å²) in [6.07, 6.45) is 1.83. The first kappa shape index (κ1) is 25.6. The van der Waals surface area contributed by atoms with Gasteiger partial charge in [0.2, 0.25) is 0 Å². The van der Waals surface area contributed by atoms with Crippen LogP contribution in [0, 0.1) is 0 Å². The van der Waals surface area contributed by atoms with Crippen molar-refractivity contribution in [3.05, 3.63) is 82.9 Å². The first-order valence-corrected chi connectivity index (χ1v) is 11.6. The third-order valence-corrected chi connectivity index (χ3v) is 5.62. The molecule has 0 aromatic heterocycles. The lowest BCUT2D eigenvalue weighted by molar-refractivity contribution is 0.0169. The molecule has 6 nitrogen and oxygen atoms in total. The number of halogens is 1. The second-order valence-electron chi connectivity index (χ2n) is 8.10. The average Bonchev–Trinajstić information content (AvgIpc) is 2.82. The summed E-state index contributed by atoms with van der Waals surface area (Å²) >= 11 is 6.01. The Morgan fingerprint density at radius 3 is 2.41 bits per heavy atom. The number of hydrogen-bond acceptors (Lipinski definition) is 5. The van der Waals surface area contributed by atoms with Gasteiger partial charge in [0.05, 0.1) is 6.61 Å². The fourth-order valence-corrected chi connectivity index (χ4v) is 3.62. The van der Waals surface area contributed by atoms with Crippen LogP contribution in [0.15, 0.2) is 66.7 Å². The molecule has 1 atom stereocenters. The molecule has 0 heterocycles. The van der Waals surface area contributed by atoms with Gasteiger partial charge in [-0.1, -0.05) is 55.3 Å². The highest BCUT2D eigenvalue weighted by Crippen LogP contribution is 2.29. The van der Waals surface area contributed by atoms with Gasteiger partial charge in [0.25, 0.3) is 0 Å². The molecule has 0 radical (unpaired) electrons. The fraction of sp³-hybridized carbons (Fsp3) is 0.296. The summed E-state index contributed by atoms with van der Waals surface area (Å²) in [7, 11) is 0. The Balaban J connectivity index is 1.58. The highest BCUT2D eigenvalue weighted by molar-refractivity contribution is 6.30. The molecule has 0 aliphatic carbocycles. The largest absolute Gasteiger partial charge is 0.493 e. The SMILES string of the molecule is CCCCOc1cc(-c2ccc(OCCN[C@@](C)(O)c3cccc(Cl)c3)cc2)ccc1C(=O)O. The van der Waals surface area contributed by atoms with E-state index in [1.165, 1.54) is 0 Å². The summed E-state index contributed by atoms with van der Waals surface area (Å²) in [5, 5.41) is 23.7. The number of hydrogen-bond donors (Lipinski definition) is 3. The van der Waals surface area contributed by atoms with Crippen molar-refractivity contribution in [2.75, 3.05) is 19.8 Å². The van der Waals surface area contributed by atoms with Crippen LogP contribution in [0.4, 0.5) is 0 Å². The van der Waals surface area contributed by atoms with Crippen molar-refractivity contribution in [2.45, 2.75) is 32.4 Å². The van der Waals surface area contributed by atoms with Crippen molar-refractivity contribution in [2.24, 2.45) is 0 Å². The van der Waals surface area contributed by atoms with Crippen molar-refractivity contribution in [3.63, 3.8) is 0 Å². The lowest BCUT2D eigenvalue weighted by Gasteiger charge is -2.25. The zero-order chi connectivity index (χ0) is 24.6. The van der Waals surface area contributed by atoms with Crippen LogP contribution in [0.5, 0.6) is 11.5 Å². The minimum atomic E-state index is -1.23. The lowest BCUT2D eigenvalue weighted by atomic mass is 10.0. The molecule has 34 heavy (non-hydrogen) atoms. The number of ether oxygens (including phenoxy) is 2. The molecule has 0 unspecified atom stereocenters. The van der Waals surface area contributed by atoms with Gasteiger partial charge >= 0.3 is 5.97 Å². The molecule has 0 saturated heterocycles. The van der Waals surface area contributed by atoms with Crippen LogP contribution in [0.25, 0.3) is 11.1 Å². The molecule has 3 aromatic rings. The Hall–Kier alpha value is -3.06. The van der Waals surface area contributed by atoms with E-state index in [0.29, 0.717) is 41.8 Å². The molecular weight excluding hydrogens is 454 g/mol. The molecule has 0 saturated carbocycles. The van der Waals surface area contributed by atoms with Crippen molar-refractivity contribution < 1.29 is 24.5 Å². The van der Waals surface area contributed by atoms with Gasteiger partial charge in [0, 0.05) is 11.6 Å². The van der Waals surface area contributed by atoms with Gasteiger partial charge in [0.1, 0.15) is 29.4 Å². The third-order valence-electron chi connectivity index (χ3n) is 5.38. The first-order chi connectivity index (χ1) is 16.3. The number of aromatic carboxylic acids is 1. The smallest absolute Gasteiger partial charge is 0.339 e. The van der Waals surface area contributed by atoms with E-state index in [0.717, 1.165) is 24.0 Å². The van der Waals surface area contributed by atoms with Crippen molar-refractivity contribution in [3.8, 4) is 22.6 Å². The predicted octanol–water partition coefficient (Wildman–Crippen LogP) is 5.72. The Morgan fingerprint density at radius 1 is 1.00 bits per heavy atom. The molecular formula is C27H30ClNO5. The van der Waals surface area contributed by atoms with E-state index < -0.39 is 11.7 Å². The predicted molar refractivity (Wildman–Crippen MR) is 134 cm³/mol. The molecule has 0 spiro atoms. The fourth-order valence-electron chi connectivity index (χ4n) is 3.42. The van der Waals surface area contributed by atoms with Crippen molar-refractivity contribution in [1.82, 2.24) is 5.32 Å². The van der Waals surface area contributed by atoms with Crippen LogP contribution >= 0.6 is 11.6 Å². The Kier molecular flexibility index (Phi) is 8.93. The zero-order valence-electron chi connectivity index (χ0n) is 19.4. The van der Waals surface area contributed by atoms with Gasteiger partial charge in [-0.05, 0) is 66.4 Å². The summed E-state index contributed by atoms with van der Waals surface area (Å²) in [6.45, 7) is 4.99. The number of carbonyl (C=O) groups is 1. The van der Waals surface area contributed by atoms with Gasteiger partial charge in [-0.3, -0.25) is 5.32 Å². The summed E-state index contributed by atoms with van der Waals surface area (Å²) in [5.74, 6) is 0.0517. The highest BCUT2D eigenvalue weighted by atomic mass is 35.5. The lowest BCUT2D eigenvalue weighted by Crippen LogP contribution is -2.41. The standard InChI is InChI=1S/C27H30ClNO5/c1-3-4-15-34-25-17-20(10-13-24(25)26(30)31)19-8-11-23(12-9-19)33-16-14-29-27(2,32)21-6-5-7-22(28)18-21/h5-13,17-18,29,32H,3-4,14-16H2,1-2H3,(H,30,31)/t27-/m0/s1. The van der Waals surface area contributed by atoms with E-state index in [1.807, 2.05) is 30.3 Å². The van der Waals surface area contributed by atoms with Crippen molar-refractivity contribution >= 4 is 17.6 Å². The Bertz CT molecular complexity index is 1100. The summed E-state index contributed by atoms with van der Waals surface area (Å²) in [6, 6.07) is 19.7. The average molecular weight is 484 g/mol. The van der Waals surface area contributed by atoms with Crippen LogP contribution in [-0.4, -0.2) is 35.9 Å². The van der Waals surface area contributed by atoms with Crippen LogP contribution in [0.3, 0.4) is 0 Å². The number of aliphatic hydroxyl groups is 1. The number of carboxylic acid groups (broad SMARTS) is 1. The van der Waals surface area contributed by atoms with E-state index in [2.05, 4.69) is 12.2 Å². The second-order valence-corrected chi connectivity index (χ2v) is 8.54. The van der Waals surface area contributed by atoms with Crippen LogP contribution < -0.4 is 14.8 Å². The molecule has 3 rings (SSSR count). The third kappa shape index (κ3) is 6.97. The van der Waals surface area contributed by atoms with E-state index >= 15 is 0 Å². The molecule has 0 bridgehead atoms. The van der Waals surface area contributed by atoms with E-state index in [1.54, 1.807) is 43.3 Å². The minimum absolute atomic E-state index is 0.154. The number of benzene rings is 3. The molecule has 0 aliphatic rings. The summed E-state index contributed by atoms with van der Waals surface area (Å²) < 4.78 is 11.5. The number of rotatable bonds is 12. The maximum atomic E-state index is 11.5. The molecule has 3 aromatic carbocycles. The highest BCUT2D eigenvalue weighted by Gasteiger charge is 2.22. The number of nitrogens with one attached hydrogen (secondary N) is 1. The van der Waals surface area contributed by atoms with E-state index in [-0.39, 0.29) is 5.56 Å². The van der Waals surface area contributed by atoms with E-state index in [9.17, 15) is 15.0 Å². The Morgan fingerprint density at radius 2 is 1.74 bits per heavy atom. The summed E-state index contributed by atoms with van der Waals surface area (Å²) in [5.41, 5.74) is 1.39. The van der Waals surface area contributed by atoms with Gasteiger partial charge < -0.3 is 19.7 Å². The topological polar surface area (TPSA) is 88.0 Å². The number of carboxylic acids is 1. The number of unbranched alkanes of at least 4 members (excludes halogenated alkanes) is 1. The maximum absolute atomic E-state index is 11.5. The zero-order valence-corrected chi connectivity index (χ0v) is 20.1. The van der Waals surface area contributed by atoms with Crippen LogP contribution in [0.1, 0.15) is 42.6 Å². The monoisotopic (exact) mass is 483 g/mol. The molecule has 3 N–H and O–H groups in total. The second kappa shape index (κ2) is 11.9. The Labute approximate surface area is 205 Å². The van der Waals surface area contributed by atoms with Gasteiger partial charge in [-0.15, -0.1) is 0 Å². The van der Waals surface area contributed by atoms with E-state index in [4.69, 9.17) is 21.1 Å². The van der Waals surface area contributed by atoms with Gasteiger partial charge in [0.15, 0.2) is 0 Å². The molecule has 0 fully saturated rings. The van der Waals surface area contributed by atoms with Gasteiger partial charge in [-0.2, -0.15) is 0 Å². The van der Waals surface area contributed by atoms with Gasteiger partial charge in [-0.25, -0.2) is 4.79 Å². The minimum Gasteiger partial charge on any atom is -0.493 e. The molecule has 7 heteroatoms. The normalized spacial score (nSPS) is 12.7. The molecule has 180 valence electrons. The quantitative estimate of drug-likeness (QED) is 0.225. The van der Waals surface area contributed by atoms with Crippen molar-refractivity contribution in [1.29, 1.82) is 0 Å². The summed E-state index contributed by atoms with van der Waals surface area (Å²) in [4.78, 5) is 11.5. The van der Waals surface area contributed by atoms with Crippen LogP contribution in [-0.2, 0) is 5.72 Å². The molecule has 0 aliphatic heterocycles. The van der Waals surface area contributed by atoms with Crippen LogP contribution in [0.2, 0.25) is 5.02 Å².